The number of halogens is 1. The standard InChI is InChI=1S/C16H37BFNOSi/c1-13(2,3)16(14(4,5)6,15(7,8)9)20-19-17(18)21(10,11)12/h19H,1-12H3. The first-order chi connectivity index (χ1) is 8.88. The van der Waals surface area contributed by atoms with Gasteiger partial charge in [0, 0.05) is 0 Å². The van der Waals surface area contributed by atoms with E-state index in [-0.39, 0.29) is 16.2 Å². The topological polar surface area (TPSA) is 21.3 Å². The highest BCUT2D eigenvalue weighted by Gasteiger charge is 2.60. The molecule has 0 radical (unpaired) electrons. The van der Waals surface area contributed by atoms with Gasteiger partial charge in [-0.05, 0) is 16.2 Å². The van der Waals surface area contributed by atoms with Crippen LogP contribution in [0.5, 0.6) is 0 Å². The van der Waals surface area contributed by atoms with Gasteiger partial charge in [-0.1, -0.05) is 82.0 Å². The third-order valence-electron chi connectivity index (χ3n) is 4.24. The summed E-state index contributed by atoms with van der Waals surface area (Å²) in [6.45, 7) is 24.5. The Bertz CT molecular complexity index is 311. The fourth-order valence-electron chi connectivity index (χ4n) is 4.15. The average Bonchev–Trinajstić information content (AvgIpc) is 2.09. The van der Waals surface area contributed by atoms with E-state index in [4.69, 9.17) is 4.84 Å². The third-order valence-corrected chi connectivity index (χ3v) is 5.88. The van der Waals surface area contributed by atoms with Gasteiger partial charge in [0.15, 0.2) is 0 Å². The molecule has 0 saturated carbocycles. The van der Waals surface area contributed by atoms with Crippen LogP contribution < -0.4 is 5.39 Å². The fraction of sp³-hybridized carbons (Fsp3) is 1.00. The van der Waals surface area contributed by atoms with Crippen LogP contribution in [0.1, 0.15) is 62.3 Å². The molecule has 0 heterocycles. The SMILES string of the molecule is CC(C)(C)C(ONB(F)[Si](C)(C)C)(C(C)(C)C)C(C)(C)C. The molecule has 1 N–H and O–H groups in total. The minimum Gasteiger partial charge on any atom is -0.314 e. The summed E-state index contributed by atoms with van der Waals surface area (Å²) in [5.74, 6) is 0. The molecule has 2 nitrogen and oxygen atoms in total. The van der Waals surface area contributed by atoms with Gasteiger partial charge in [-0.2, -0.15) is 0 Å². The second-order valence-corrected chi connectivity index (χ2v) is 15.6. The maximum Gasteiger partial charge on any atom is 0.431 e. The van der Waals surface area contributed by atoms with Crippen molar-refractivity contribution in [3.8, 4) is 0 Å². The molecule has 21 heavy (non-hydrogen) atoms. The zero-order chi connectivity index (χ0) is 17.5. The van der Waals surface area contributed by atoms with Crippen molar-refractivity contribution < 1.29 is 9.15 Å². The smallest absolute Gasteiger partial charge is 0.314 e. The summed E-state index contributed by atoms with van der Waals surface area (Å²) in [5.41, 5.74) is -0.946. The normalized spacial score (nSPS) is 15.3. The molecular formula is C16H37BFNOSi. The number of nitrogens with one attached hydrogen (secondary N) is 1. The van der Waals surface area contributed by atoms with Crippen molar-refractivity contribution in [1.82, 2.24) is 5.39 Å². The average molecular weight is 317 g/mol. The van der Waals surface area contributed by atoms with Gasteiger partial charge in [0.1, 0.15) is 5.60 Å². The molecule has 0 aromatic carbocycles. The van der Waals surface area contributed by atoms with Crippen molar-refractivity contribution in [2.45, 2.75) is 87.6 Å². The summed E-state index contributed by atoms with van der Waals surface area (Å²) in [6, 6.07) is 0. The van der Waals surface area contributed by atoms with Crippen molar-refractivity contribution in [3.63, 3.8) is 0 Å². The number of hydrogen-bond donors (Lipinski definition) is 1. The summed E-state index contributed by atoms with van der Waals surface area (Å²) < 4.78 is 14.4. The van der Waals surface area contributed by atoms with Crippen LogP contribution in [-0.4, -0.2) is 20.3 Å². The van der Waals surface area contributed by atoms with Gasteiger partial charge in [0.05, 0.1) is 7.94 Å². The van der Waals surface area contributed by atoms with E-state index in [0.717, 1.165) is 0 Å². The van der Waals surface area contributed by atoms with E-state index in [9.17, 15) is 4.32 Å². The molecule has 0 atom stereocenters. The lowest BCUT2D eigenvalue weighted by atomic mass is 9.52. The van der Waals surface area contributed by atoms with E-state index in [1.54, 1.807) is 0 Å². The Morgan fingerprint density at radius 2 is 1.05 bits per heavy atom. The van der Waals surface area contributed by atoms with E-state index in [2.05, 4.69) is 67.7 Å². The van der Waals surface area contributed by atoms with E-state index in [1.165, 1.54) is 0 Å². The van der Waals surface area contributed by atoms with Gasteiger partial charge in [-0.15, -0.1) is 0 Å². The minimum atomic E-state index is -1.94. The lowest BCUT2D eigenvalue weighted by Gasteiger charge is -2.59. The second kappa shape index (κ2) is 5.97. The van der Waals surface area contributed by atoms with Gasteiger partial charge >= 0.3 is 6.72 Å². The lowest BCUT2D eigenvalue weighted by molar-refractivity contribution is -0.256. The predicted octanol–water partition coefficient (Wildman–Crippen LogP) is 5.26. The predicted molar refractivity (Wildman–Crippen MR) is 95.5 cm³/mol. The first kappa shape index (κ1) is 21.1. The van der Waals surface area contributed by atoms with Crippen LogP contribution in [0, 0.1) is 16.2 Å². The van der Waals surface area contributed by atoms with Crippen LogP contribution in [0.3, 0.4) is 0 Å². The van der Waals surface area contributed by atoms with E-state index in [0.29, 0.717) is 0 Å². The second-order valence-electron chi connectivity index (χ2n) is 10.4. The first-order valence-electron chi connectivity index (χ1n) is 7.95. The van der Waals surface area contributed by atoms with Crippen LogP contribution in [0.25, 0.3) is 0 Å². The molecule has 0 rings (SSSR count). The zero-order valence-electron chi connectivity index (χ0n) is 16.4. The van der Waals surface area contributed by atoms with Gasteiger partial charge in [-0.3, -0.25) is 0 Å². The number of rotatable bonds is 4. The summed E-state index contributed by atoms with van der Waals surface area (Å²) in [6.07, 6.45) is 0. The van der Waals surface area contributed by atoms with E-state index >= 15 is 0 Å². The van der Waals surface area contributed by atoms with Gasteiger partial charge in [0.25, 0.3) is 0 Å². The van der Waals surface area contributed by atoms with Crippen LogP contribution in [-0.2, 0) is 4.84 Å². The Kier molecular flexibility index (Phi) is 6.01. The maximum atomic E-state index is 14.4. The zero-order valence-corrected chi connectivity index (χ0v) is 17.4. The van der Waals surface area contributed by atoms with Crippen molar-refractivity contribution in [2.24, 2.45) is 16.2 Å². The Hall–Kier alpha value is 0.132. The highest BCUT2D eigenvalue weighted by atomic mass is 28.3. The molecule has 5 heteroatoms. The molecule has 0 spiro atoms. The van der Waals surface area contributed by atoms with Gasteiger partial charge in [-0.25, -0.2) is 5.39 Å². The number of hydrogen-bond acceptors (Lipinski definition) is 2. The molecular weight excluding hydrogens is 280 g/mol. The van der Waals surface area contributed by atoms with E-state index in [1.807, 2.05) is 19.6 Å². The highest BCUT2D eigenvalue weighted by Crippen LogP contribution is 2.56. The first-order valence-corrected chi connectivity index (χ1v) is 11.5. The van der Waals surface area contributed by atoms with Gasteiger partial charge in [0.2, 0.25) is 0 Å². The fourth-order valence-corrected chi connectivity index (χ4v) is 4.56. The Labute approximate surface area is 133 Å². The lowest BCUT2D eigenvalue weighted by Crippen LogP contribution is -2.67. The minimum absolute atomic E-state index is 0.143. The van der Waals surface area contributed by atoms with Crippen molar-refractivity contribution >= 4 is 14.7 Å². The van der Waals surface area contributed by atoms with Gasteiger partial charge < -0.3 is 9.15 Å². The molecule has 126 valence electrons. The van der Waals surface area contributed by atoms with Crippen molar-refractivity contribution in [2.75, 3.05) is 0 Å². The Balaban J connectivity index is 5.75. The highest BCUT2D eigenvalue weighted by molar-refractivity contribution is 7.28. The van der Waals surface area contributed by atoms with Crippen LogP contribution in [0.2, 0.25) is 19.6 Å². The Morgan fingerprint density at radius 1 is 0.762 bits per heavy atom. The molecule has 0 aliphatic heterocycles. The molecule has 0 saturated heterocycles. The molecule has 0 bridgehead atoms. The van der Waals surface area contributed by atoms with Crippen molar-refractivity contribution in [1.29, 1.82) is 0 Å². The largest absolute Gasteiger partial charge is 0.431 e. The maximum absolute atomic E-state index is 14.4. The van der Waals surface area contributed by atoms with Crippen molar-refractivity contribution in [3.05, 3.63) is 0 Å². The molecule has 0 amide bonds. The molecule has 0 unspecified atom stereocenters. The van der Waals surface area contributed by atoms with Crippen LogP contribution in [0.4, 0.5) is 4.32 Å². The molecule has 0 aromatic heterocycles. The molecule has 0 aliphatic rings. The third kappa shape index (κ3) is 4.32. The quantitative estimate of drug-likeness (QED) is 0.564. The molecule has 0 aliphatic carbocycles. The molecule has 0 fully saturated rings. The Morgan fingerprint density at radius 3 is 1.24 bits per heavy atom. The van der Waals surface area contributed by atoms with E-state index < -0.39 is 20.3 Å². The summed E-state index contributed by atoms with van der Waals surface area (Å²) in [4.78, 5) is 6.22. The summed E-state index contributed by atoms with van der Waals surface area (Å²) in [7, 11) is -1.94. The molecule has 0 aromatic rings. The monoisotopic (exact) mass is 317 g/mol. The van der Waals surface area contributed by atoms with Crippen LogP contribution >= 0.6 is 0 Å². The summed E-state index contributed by atoms with van der Waals surface area (Å²) in [5, 5.41) is 2.78. The summed E-state index contributed by atoms with van der Waals surface area (Å²) >= 11 is 0. The van der Waals surface area contributed by atoms with Crippen LogP contribution in [0.15, 0.2) is 0 Å².